The molecule has 1 aliphatic rings. The number of allylic oxidation sites excluding steroid dienone is 1. The van der Waals surface area contributed by atoms with Crippen LogP contribution in [-0.4, -0.2) is 25.0 Å². The lowest BCUT2D eigenvalue weighted by molar-refractivity contribution is 0.104. The molecule has 0 spiro atoms. The molecule has 0 radical (unpaired) electrons. The van der Waals surface area contributed by atoms with Gasteiger partial charge in [0.25, 0.3) is 0 Å². The molecular formula is C22H18ClNO3. The maximum Gasteiger partial charge on any atom is 0.189 e. The summed E-state index contributed by atoms with van der Waals surface area (Å²) in [6, 6.07) is 11.4. The summed E-state index contributed by atoms with van der Waals surface area (Å²) in [5.74, 6) is 1.27. The second kappa shape index (κ2) is 6.71. The van der Waals surface area contributed by atoms with Crippen molar-refractivity contribution in [2.75, 3.05) is 14.2 Å². The van der Waals surface area contributed by atoms with Crippen molar-refractivity contribution in [1.29, 1.82) is 0 Å². The Morgan fingerprint density at radius 2 is 1.85 bits per heavy atom. The molecule has 1 aromatic heterocycles. The largest absolute Gasteiger partial charge is 0.493 e. The number of carbonyl (C=O) groups excluding carboxylic acids is 1. The minimum atomic E-state index is 0.0529. The Hall–Kier alpha value is -2.85. The van der Waals surface area contributed by atoms with Crippen LogP contribution in [0, 0.1) is 6.92 Å². The van der Waals surface area contributed by atoms with Gasteiger partial charge in [-0.25, -0.2) is 4.98 Å². The zero-order chi connectivity index (χ0) is 19.1. The number of aryl methyl sites for hydroxylation is 1. The Morgan fingerprint density at radius 3 is 2.56 bits per heavy atom. The SMILES string of the molecule is COc1cc2cc(/C=C3\Cc4c(C)cccc4C3=O)c(Cl)nc2cc1OC. The van der Waals surface area contributed by atoms with Crippen LogP contribution in [0.25, 0.3) is 17.0 Å². The van der Waals surface area contributed by atoms with Crippen LogP contribution >= 0.6 is 11.6 Å². The van der Waals surface area contributed by atoms with Crippen molar-refractivity contribution < 1.29 is 14.3 Å². The fraction of sp³-hybridized carbons (Fsp3) is 0.182. The van der Waals surface area contributed by atoms with Crippen LogP contribution in [0.2, 0.25) is 5.15 Å². The number of ether oxygens (including phenoxy) is 2. The van der Waals surface area contributed by atoms with Gasteiger partial charge < -0.3 is 9.47 Å². The van der Waals surface area contributed by atoms with Gasteiger partial charge in [-0.2, -0.15) is 0 Å². The second-order valence-electron chi connectivity index (χ2n) is 6.54. The van der Waals surface area contributed by atoms with E-state index in [1.807, 2.05) is 43.3 Å². The Bertz CT molecular complexity index is 1120. The van der Waals surface area contributed by atoms with Crippen molar-refractivity contribution in [1.82, 2.24) is 4.98 Å². The van der Waals surface area contributed by atoms with Gasteiger partial charge >= 0.3 is 0 Å². The van der Waals surface area contributed by atoms with E-state index in [0.717, 1.165) is 27.6 Å². The van der Waals surface area contributed by atoms with Crippen molar-refractivity contribution in [3.8, 4) is 11.5 Å². The number of rotatable bonds is 3. The highest BCUT2D eigenvalue weighted by atomic mass is 35.5. The number of halogens is 1. The highest BCUT2D eigenvalue weighted by molar-refractivity contribution is 6.31. The van der Waals surface area contributed by atoms with E-state index < -0.39 is 0 Å². The highest BCUT2D eigenvalue weighted by Crippen LogP contribution is 2.35. The zero-order valence-corrected chi connectivity index (χ0v) is 16.1. The number of benzene rings is 2. The van der Waals surface area contributed by atoms with Gasteiger partial charge in [0.05, 0.1) is 19.7 Å². The van der Waals surface area contributed by atoms with Crippen molar-refractivity contribution in [2.45, 2.75) is 13.3 Å². The third kappa shape index (κ3) is 2.96. The molecule has 136 valence electrons. The van der Waals surface area contributed by atoms with E-state index in [-0.39, 0.29) is 5.78 Å². The van der Waals surface area contributed by atoms with Crippen molar-refractivity contribution >= 4 is 34.4 Å². The summed E-state index contributed by atoms with van der Waals surface area (Å²) in [7, 11) is 3.17. The number of ketones is 1. The van der Waals surface area contributed by atoms with Gasteiger partial charge in [-0.3, -0.25) is 4.79 Å². The first kappa shape index (κ1) is 17.6. The summed E-state index contributed by atoms with van der Waals surface area (Å²) in [5.41, 5.74) is 5.14. The zero-order valence-electron chi connectivity index (χ0n) is 15.3. The van der Waals surface area contributed by atoms with Gasteiger partial charge in [-0.15, -0.1) is 0 Å². The molecule has 0 amide bonds. The summed E-state index contributed by atoms with van der Waals surface area (Å²) in [6.45, 7) is 2.03. The molecule has 0 N–H and O–H groups in total. The van der Waals surface area contributed by atoms with Crippen molar-refractivity contribution in [2.24, 2.45) is 0 Å². The summed E-state index contributed by atoms with van der Waals surface area (Å²) in [4.78, 5) is 17.2. The number of fused-ring (bicyclic) bond motifs is 2. The normalized spacial score (nSPS) is 14.7. The third-order valence-corrected chi connectivity index (χ3v) is 5.25. The van der Waals surface area contributed by atoms with E-state index in [1.165, 1.54) is 0 Å². The number of methoxy groups -OCH3 is 2. The molecule has 2 aromatic carbocycles. The highest BCUT2D eigenvalue weighted by Gasteiger charge is 2.26. The summed E-state index contributed by atoms with van der Waals surface area (Å²) in [6.07, 6.45) is 2.45. The first-order valence-electron chi connectivity index (χ1n) is 8.58. The monoisotopic (exact) mass is 379 g/mol. The topological polar surface area (TPSA) is 48.4 Å². The molecule has 4 rings (SSSR count). The summed E-state index contributed by atoms with van der Waals surface area (Å²) < 4.78 is 10.7. The fourth-order valence-electron chi connectivity index (χ4n) is 3.49. The molecule has 5 heteroatoms. The molecular weight excluding hydrogens is 362 g/mol. The molecule has 4 nitrogen and oxygen atoms in total. The van der Waals surface area contributed by atoms with Crippen LogP contribution in [-0.2, 0) is 6.42 Å². The molecule has 3 aromatic rings. The Kier molecular flexibility index (Phi) is 4.36. The van der Waals surface area contributed by atoms with E-state index in [9.17, 15) is 4.79 Å². The fourth-order valence-corrected chi connectivity index (χ4v) is 3.69. The number of hydrogen-bond donors (Lipinski definition) is 0. The molecule has 1 heterocycles. The third-order valence-electron chi connectivity index (χ3n) is 4.94. The molecule has 1 aliphatic carbocycles. The standard InChI is InChI=1S/C22H18ClNO3/c1-12-5-4-6-16-17(12)9-14(21(16)25)8-15-7-13-10-19(26-2)20(27-3)11-18(13)24-22(15)23/h4-8,10-11H,9H2,1-3H3/b14-8+. The first-order valence-corrected chi connectivity index (χ1v) is 8.95. The van der Waals surface area contributed by atoms with Crippen LogP contribution in [0.15, 0.2) is 42.0 Å². The smallest absolute Gasteiger partial charge is 0.189 e. The molecule has 0 atom stereocenters. The van der Waals surface area contributed by atoms with Crippen molar-refractivity contribution in [3.05, 3.63) is 69.4 Å². The van der Waals surface area contributed by atoms with E-state index in [1.54, 1.807) is 20.3 Å². The van der Waals surface area contributed by atoms with Gasteiger partial charge in [-0.05, 0) is 36.3 Å². The van der Waals surface area contributed by atoms with Gasteiger partial charge in [0.2, 0.25) is 0 Å². The van der Waals surface area contributed by atoms with Crippen LogP contribution in [0.1, 0.15) is 27.0 Å². The van der Waals surface area contributed by atoms with Crippen LogP contribution in [0.3, 0.4) is 0 Å². The number of aromatic nitrogens is 1. The maximum atomic E-state index is 12.7. The minimum Gasteiger partial charge on any atom is -0.493 e. The maximum absolute atomic E-state index is 12.7. The van der Waals surface area contributed by atoms with E-state index >= 15 is 0 Å². The predicted molar refractivity (Wildman–Crippen MR) is 107 cm³/mol. The number of carbonyl (C=O) groups is 1. The Labute approximate surface area is 162 Å². The molecule has 0 fully saturated rings. The minimum absolute atomic E-state index is 0.0529. The quantitative estimate of drug-likeness (QED) is 0.472. The molecule has 0 aliphatic heterocycles. The van der Waals surface area contributed by atoms with Gasteiger partial charge in [0.15, 0.2) is 17.3 Å². The lowest BCUT2D eigenvalue weighted by Crippen LogP contribution is -1.96. The second-order valence-corrected chi connectivity index (χ2v) is 6.90. The molecule has 0 unspecified atom stereocenters. The molecule has 0 saturated heterocycles. The van der Waals surface area contributed by atoms with E-state index in [0.29, 0.717) is 34.2 Å². The lowest BCUT2D eigenvalue weighted by atomic mass is 10.0. The number of hydrogen-bond acceptors (Lipinski definition) is 4. The van der Waals surface area contributed by atoms with E-state index in [4.69, 9.17) is 21.1 Å². The van der Waals surface area contributed by atoms with Crippen LogP contribution < -0.4 is 9.47 Å². The van der Waals surface area contributed by atoms with Gasteiger partial charge in [0.1, 0.15) is 5.15 Å². The number of pyridine rings is 1. The lowest BCUT2D eigenvalue weighted by Gasteiger charge is -2.10. The first-order chi connectivity index (χ1) is 13.0. The summed E-state index contributed by atoms with van der Waals surface area (Å²) >= 11 is 6.40. The summed E-state index contributed by atoms with van der Waals surface area (Å²) in [5, 5.41) is 1.21. The molecule has 0 bridgehead atoms. The predicted octanol–water partition coefficient (Wildman–Crippen LogP) is 5.04. The van der Waals surface area contributed by atoms with Crippen molar-refractivity contribution in [3.63, 3.8) is 0 Å². The average molecular weight is 380 g/mol. The van der Waals surface area contributed by atoms with Crippen LogP contribution in [0.5, 0.6) is 11.5 Å². The number of Topliss-reactive ketones (excluding diaryl/α,β-unsaturated/α-hetero) is 1. The Balaban J connectivity index is 1.81. The molecule has 0 saturated carbocycles. The average Bonchev–Trinajstić information content (AvgIpc) is 2.99. The van der Waals surface area contributed by atoms with E-state index in [2.05, 4.69) is 4.98 Å². The van der Waals surface area contributed by atoms with Crippen LogP contribution in [0.4, 0.5) is 0 Å². The number of nitrogens with zero attached hydrogens (tertiary/aromatic N) is 1. The van der Waals surface area contributed by atoms with Gasteiger partial charge in [0, 0.05) is 34.6 Å². The molecule has 27 heavy (non-hydrogen) atoms. The van der Waals surface area contributed by atoms with Gasteiger partial charge in [-0.1, -0.05) is 29.8 Å². The Morgan fingerprint density at radius 1 is 1.11 bits per heavy atom.